The molecule has 1 rings (SSSR count). The molecule has 1 heterocycles. The maximum Gasteiger partial charge on any atom is 0.326 e. The number of aromatic nitrogens is 1. The molecular formula is C12H16FN3O3. The van der Waals surface area contributed by atoms with Crippen LogP contribution >= 0.6 is 0 Å². The second kappa shape index (κ2) is 6.67. The quantitative estimate of drug-likeness (QED) is 0.760. The van der Waals surface area contributed by atoms with E-state index in [0.717, 1.165) is 12.3 Å². The van der Waals surface area contributed by atoms with Crippen LogP contribution in [0.2, 0.25) is 0 Å². The Morgan fingerprint density at radius 3 is 2.68 bits per heavy atom. The first-order valence-corrected chi connectivity index (χ1v) is 5.85. The molecule has 1 aromatic heterocycles. The van der Waals surface area contributed by atoms with E-state index in [-0.39, 0.29) is 11.6 Å². The average molecular weight is 269 g/mol. The molecule has 0 spiro atoms. The molecule has 0 aromatic carbocycles. The summed E-state index contributed by atoms with van der Waals surface area (Å²) in [7, 11) is 0. The molecule has 0 bridgehead atoms. The van der Waals surface area contributed by atoms with Crippen LogP contribution in [0.15, 0.2) is 18.5 Å². The van der Waals surface area contributed by atoms with Gasteiger partial charge in [-0.15, -0.1) is 0 Å². The lowest BCUT2D eigenvalue weighted by Crippen LogP contribution is -2.46. The topological polar surface area (TPSA) is 91.3 Å². The van der Waals surface area contributed by atoms with Gasteiger partial charge in [0.05, 0.1) is 18.1 Å². The first-order chi connectivity index (χ1) is 8.93. The van der Waals surface area contributed by atoms with Crippen LogP contribution in [0.5, 0.6) is 0 Å². The van der Waals surface area contributed by atoms with Gasteiger partial charge >= 0.3 is 12.0 Å². The average Bonchev–Trinajstić information content (AvgIpc) is 2.34. The number of carbonyl (C=O) groups is 2. The molecule has 6 nitrogen and oxygen atoms in total. The number of hydrogen-bond acceptors (Lipinski definition) is 3. The Morgan fingerprint density at radius 2 is 2.16 bits per heavy atom. The van der Waals surface area contributed by atoms with Crippen molar-refractivity contribution < 1.29 is 19.1 Å². The van der Waals surface area contributed by atoms with Crippen molar-refractivity contribution in [3.63, 3.8) is 0 Å². The van der Waals surface area contributed by atoms with Crippen molar-refractivity contribution in [3.05, 3.63) is 24.3 Å². The van der Waals surface area contributed by atoms with Crippen molar-refractivity contribution in [2.24, 2.45) is 5.92 Å². The highest BCUT2D eigenvalue weighted by Crippen LogP contribution is 2.10. The van der Waals surface area contributed by atoms with Crippen LogP contribution < -0.4 is 10.6 Å². The Labute approximate surface area is 110 Å². The van der Waals surface area contributed by atoms with E-state index in [1.807, 2.05) is 6.92 Å². The number of nitrogens with zero attached hydrogens (tertiary/aromatic N) is 1. The van der Waals surface area contributed by atoms with E-state index in [1.165, 1.54) is 6.20 Å². The molecule has 0 aliphatic heterocycles. The van der Waals surface area contributed by atoms with Crippen LogP contribution in [0, 0.1) is 11.7 Å². The fourth-order valence-electron chi connectivity index (χ4n) is 1.47. The lowest BCUT2D eigenvalue weighted by molar-refractivity contribution is -0.140. The SMILES string of the molecule is CCC(C)C(NC(=O)Nc1cncc(F)c1)C(=O)O. The standard InChI is InChI=1S/C12H16FN3O3/c1-3-7(2)10(11(17)18)16-12(19)15-9-4-8(13)5-14-6-9/h4-7,10H,3H2,1-2H3,(H,17,18)(H2,15,16,19). The molecule has 0 fully saturated rings. The summed E-state index contributed by atoms with van der Waals surface area (Å²) in [6.45, 7) is 3.56. The first kappa shape index (κ1) is 14.9. The number of carboxylic acid groups (broad SMARTS) is 1. The van der Waals surface area contributed by atoms with Crippen molar-refractivity contribution in [1.29, 1.82) is 0 Å². The number of nitrogens with one attached hydrogen (secondary N) is 2. The van der Waals surface area contributed by atoms with Gasteiger partial charge in [0, 0.05) is 6.07 Å². The molecule has 1 aromatic rings. The van der Waals surface area contributed by atoms with E-state index in [9.17, 15) is 14.0 Å². The minimum absolute atomic E-state index is 0.158. The predicted molar refractivity (Wildman–Crippen MR) is 67.2 cm³/mol. The number of amides is 2. The van der Waals surface area contributed by atoms with E-state index in [0.29, 0.717) is 6.42 Å². The highest BCUT2D eigenvalue weighted by Gasteiger charge is 2.25. The fourth-order valence-corrected chi connectivity index (χ4v) is 1.47. The Hall–Kier alpha value is -2.18. The van der Waals surface area contributed by atoms with Gasteiger partial charge in [-0.3, -0.25) is 4.98 Å². The molecule has 0 radical (unpaired) electrons. The van der Waals surface area contributed by atoms with E-state index >= 15 is 0 Å². The number of urea groups is 1. The van der Waals surface area contributed by atoms with Gasteiger partial charge in [-0.25, -0.2) is 14.0 Å². The lowest BCUT2D eigenvalue weighted by Gasteiger charge is -2.20. The minimum atomic E-state index is -1.11. The van der Waals surface area contributed by atoms with Crippen molar-refractivity contribution in [1.82, 2.24) is 10.3 Å². The molecule has 0 saturated heterocycles. The second-order valence-electron chi connectivity index (χ2n) is 4.19. The largest absolute Gasteiger partial charge is 0.480 e. The monoisotopic (exact) mass is 269 g/mol. The van der Waals surface area contributed by atoms with E-state index in [2.05, 4.69) is 15.6 Å². The first-order valence-electron chi connectivity index (χ1n) is 5.85. The van der Waals surface area contributed by atoms with E-state index < -0.39 is 23.9 Å². The van der Waals surface area contributed by atoms with Gasteiger partial charge in [0.2, 0.25) is 0 Å². The molecule has 0 saturated carbocycles. The highest BCUT2D eigenvalue weighted by molar-refractivity contribution is 5.92. The van der Waals surface area contributed by atoms with Crippen LogP contribution in [0.4, 0.5) is 14.9 Å². The van der Waals surface area contributed by atoms with Gasteiger partial charge in [-0.2, -0.15) is 0 Å². The molecule has 104 valence electrons. The molecule has 3 N–H and O–H groups in total. The zero-order valence-corrected chi connectivity index (χ0v) is 10.7. The molecule has 19 heavy (non-hydrogen) atoms. The normalized spacial score (nSPS) is 13.4. The zero-order chi connectivity index (χ0) is 14.4. The molecule has 2 amide bonds. The van der Waals surface area contributed by atoms with E-state index in [1.54, 1.807) is 6.92 Å². The fraction of sp³-hybridized carbons (Fsp3) is 0.417. The number of aliphatic carboxylic acids is 1. The van der Waals surface area contributed by atoms with Crippen molar-refractivity contribution in [2.45, 2.75) is 26.3 Å². The molecule has 2 atom stereocenters. The second-order valence-corrected chi connectivity index (χ2v) is 4.19. The summed E-state index contributed by atoms with van der Waals surface area (Å²) in [5.41, 5.74) is 0.158. The maximum atomic E-state index is 12.9. The molecule has 0 aliphatic carbocycles. The minimum Gasteiger partial charge on any atom is -0.480 e. The Balaban J connectivity index is 2.65. The number of anilines is 1. The third-order valence-corrected chi connectivity index (χ3v) is 2.73. The Bertz CT molecular complexity index is 467. The number of halogens is 1. The van der Waals surface area contributed by atoms with E-state index in [4.69, 9.17) is 5.11 Å². The van der Waals surface area contributed by atoms with Gasteiger partial charge in [0.15, 0.2) is 0 Å². The summed E-state index contributed by atoms with van der Waals surface area (Å²) in [6.07, 6.45) is 2.88. The van der Waals surface area contributed by atoms with Gasteiger partial charge in [-0.05, 0) is 5.92 Å². The Kier molecular flexibility index (Phi) is 5.23. The Morgan fingerprint density at radius 1 is 1.47 bits per heavy atom. The van der Waals surface area contributed by atoms with Crippen molar-refractivity contribution in [2.75, 3.05) is 5.32 Å². The number of rotatable bonds is 5. The summed E-state index contributed by atoms with van der Waals surface area (Å²) in [5, 5.41) is 13.7. The molecule has 2 unspecified atom stereocenters. The summed E-state index contributed by atoms with van der Waals surface area (Å²) in [4.78, 5) is 26.2. The third kappa shape index (κ3) is 4.53. The highest BCUT2D eigenvalue weighted by atomic mass is 19.1. The van der Waals surface area contributed by atoms with Gasteiger partial charge in [-0.1, -0.05) is 20.3 Å². The zero-order valence-electron chi connectivity index (χ0n) is 10.7. The van der Waals surface area contributed by atoms with Crippen molar-refractivity contribution >= 4 is 17.7 Å². The number of hydrogen-bond donors (Lipinski definition) is 3. The molecule has 0 aliphatic rings. The van der Waals surface area contributed by atoms with Gasteiger partial charge in [0.1, 0.15) is 11.9 Å². The summed E-state index contributed by atoms with van der Waals surface area (Å²) < 4.78 is 12.9. The summed E-state index contributed by atoms with van der Waals surface area (Å²) in [5.74, 6) is -1.91. The van der Waals surface area contributed by atoms with Crippen LogP contribution in [-0.2, 0) is 4.79 Å². The van der Waals surface area contributed by atoms with Gasteiger partial charge < -0.3 is 15.7 Å². The predicted octanol–water partition coefficient (Wildman–Crippen LogP) is 1.84. The van der Waals surface area contributed by atoms with Crippen LogP contribution in [-0.4, -0.2) is 28.1 Å². The smallest absolute Gasteiger partial charge is 0.326 e. The summed E-state index contributed by atoms with van der Waals surface area (Å²) in [6, 6.07) is -0.613. The lowest BCUT2D eigenvalue weighted by atomic mass is 9.99. The van der Waals surface area contributed by atoms with Gasteiger partial charge in [0.25, 0.3) is 0 Å². The number of pyridine rings is 1. The number of carbonyl (C=O) groups excluding carboxylic acids is 1. The van der Waals surface area contributed by atoms with Crippen LogP contribution in [0.1, 0.15) is 20.3 Å². The third-order valence-electron chi connectivity index (χ3n) is 2.73. The summed E-state index contributed by atoms with van der Waals surface area (Å²) >= 11 is 0. The molecule has 7 heteroatoms. The number of carboxylic acids is 1. The van der Waals surface area contributed by atoms with Crippen LogP contribution in [0.3, 0.4) is 0 Å². The maximum absolute atomic E-state index is 12.9. The van der Waals surface area contributed by atoms with Crippen molar-refractivity contribution in [3.8, 4) is 0 Å². The molecular weight excluding hydrogens is 253 g/mol. The van der Waals surface area contributed by atoms with Crippen LogP contribution in [0.25, 0.3) is 0 Å².